The number of benzene rings is 3. The third-order valence-electron chi connectivity index (χ3n) is 4.29. The molecule has 0 bridgehead atoms. The first-order valence-electron chi connectivity index (χ1n) is 7.45. The van der Waals surface area contributed by atoms with E-state index in [4.69, 9.17) is 0 Å². The summed E-state index contributed by atoms with van der Waals surface area (Å²) in [6, 6.07) is 30.2. The third kappa shape index (κ3) is 1.87. The highest BCUT2D eigenvalue weighted by molar-refractivity contribution is 8.01. The standard InChI is InChI=1S/C20H17NS/c1-21-18-14-8-9-15-19(18)22-20(21,16-10-4-2-5-11-16)17-12-6-3-7-13-17/h2-15H,1H3. The van der Waals surface area contributed by atoms with Gasteiger partial charge >= 0.3 is 0 Å². The van der Waals surface area contributed by atoms with E-state index in [-0.39, 0.29) is 4.87 Å². The molecule has 22 heavy (non-hydrogen) atoms. The Morgan fingerprint density at radius 3 is 1.73 bits per heavy atom. The molecule has 0 radical (unpaired) electrons. The van der Waals surface area contributed by atoms with Crippen molar-refractivity contribution in [3.63, 3.8) is 0 Å². The van der Waals surface area contributed by atoms with Crippen molar-refractivity contribution in [2.75, 3.05) is 11.9 Å². The largest absolute Gasteiger partial charge is 0.351 e. The van der Waals surface area contributed by atoms with Crippen LogP contribution in [0.1, 0.15) is 11.1 Å². The second kappa shape index (κ2) is 5.22. The molecule has 0 spiro atoms. The van der Waals surface area contributed by atoms with Crippen molar-refractivity contribution >= 4 is 17.4 Å². The van der Waals surface area contributed by atoms with E-state index >= 15 is 0 Å². The summed E-state index contributed by atoms with van der Waals surface area (Å²) in [6.07, 6.45) is 0. The second-order valence-electron chi connectivity index (χ2n) is 5.50. The quantitative estimate of drug-likeness (QED) is 0.645. The van der Waals surface area contributed by atoms with Gasteiger partial charge in [-0.05, 0) is 23.3 Å². The van der Waals surface area contributed by atoms with E-state index in [9.17, 15) is 0 Å². The van der Waals surface area contributed by atoms with Crippen molar-refractivity contribution < 1.29 is 0 Å². The minimum Gasteiger partial charge on any atom is -0.351 e. The second-order valence-corrected chi connectivity index (χ2v) is 6.74. The average molecular weight is 303 g/mol. The minimum atomic E-state index is -0.202. The molecule has 0 saturated carbocycles. The van der Waals surface area contributed by atoms with Crippen molar-refractivity contribution in [2.24, 2.45) is 0 Å². The summed E-state index contributed by atoms with van der Waals surface area (Å²) in [7, 11) is 2.19. The summed E-state index contributed by atoms with van der Waals surface area (Å²) < 4.78 is 0. The van der Waals surface area contributed by atoms with Crippen molar-refractivity contribution in [3.8, 4) is 0 Å². The Morgan fingerprint density at radius 2 is 1.18 bits per heavy atom. The number of thioether (sulfide) groups is 1. The number of rotatable bonds is 2. The number of hydrogen-bond donors (Lipinski definition) is 0. The van der Waals surface area contributed by atoms with Crippen LogP contribution in [0, 0.1) is 0 Å². The van der Waals surface area contributed by atoms with Crippen molar-refractivity contribution in [3.05, 3.63) is 96.1 Å². The first-order chi connectivity index (χ1) is 10.8. The van der Waals surface area contributed by atoms with Crippen LogP contribution in [-0.2, 0) is 4.87 Å². The maximum absolute atomic E-state index is 2.40. The van der Waals surface area contributed by atoms with Crippen molar-refractivity contribution in [2.45, 2.75) is 9.77 Å². The van der Waals surface area contributed by atoms with E-state index in [2.05, 4.69) is 96.9 Å². The lowest BCUT2D eigenvalue weighted by molar-refractivity contribution is 0.731. The van der Waals surface area contributed by atoms with Crippen LogP contribution in [0.25, 0.3) is 0 Å². The SMILES string of the molecule is CN1c2ccccc2SC1(c1ccccc1)c1ccccc1. The maximum Gasteiger partial charge on any atom is 0.142 e. The van der Waals surface area contributed by atoms with Gasteiger partial charge in [-0.25, -0.2) is 0 Å². The van der Waals surface area contributed by atoms with Crippen LogP contribution in [0.15, 0.2) is 89.8 Å². The molecule has 0 atom stereocenters. The zero-order valence-corrected chi connectivity index (χ0v) is 13.3. The van der Waals surface area contributed by atoms with Crippen LogP contribution in [0.3, 0.4) is 0 Å². The molecule has 3 aromatic rings. The van der Waals surface area contributed by atoms with Gasteiger partial charge < -0.3 is 4.90 Å². The van der Waals surface area contributed by atoms with Gasteiger partial charge in [0.05, 0.1) is 5.69 Å². The number of para-hydroxylation sites is 1. The molecule has 2 heteroatoms. The lowest BCUT2D eigenvalue weighted by Gasteiger charge is -2.37. The molecule has 0 aromatic heterocycles. The fourth-order valence-electron chi connectivity index (χ4n) is 3.22. The highest BCUT2D eigenvalue weighted by atomic mass is 32.2. The summed E-state index contributed by atoms with van der Waals surface area (Å²) >= 11 is 1.92. The maximum atomic E-state index is 2.40. The van der Waals surface area contributed by atoms with Crippen LogP contribution < -0.4 is 4.90 Å². The zero-order valence-electron chi connectivity index (χ0n) is 12.4. The zero-order chi connectivity index (χ0) is 15.0. The monoisotopic (exact) mass is 303 g/mol. The molecule has 1 aliphatic rings. The van der Waals surface area contributed by atoms with Gasteiger partial charge in [0, 0.05) is 11.9 Å². The van der Waals surface area contributed by atoms with Gasteiger partial charge in [0.2, 0.25) is 0 Å². The Balaban J connectivity index is 1.97. The van der Waals surface area contributed by atoms with Crippen molar-refractivity contribution in [1.82, 2.24) is 0 Å². The van der Waals surface area contributed by atoms with E-state index in [1.807, 2.05) is 11.8 Å². The normalized spacial score (nSPS) is 15.6. The Hall–Kier alpha value is -2.19. The lowest BCUT2D eigenvalue weighted by Crippen LogP contribution is -2.38. The minimum absolute atomic E-state index is 0.202. The first kappa shape index (κ1) is 13.5. The predicted octanol–water partition coefficient (Wildman–Crippen LogP) is 5.13. The topological polar surface area (TPSA) is 3.24 Å². The molecule has 0 unspecified atom stereocenters. The van der Waals surface area contributed by atoms with Crippen LogP contribution >= 0.6 is 11.8 Å². The van der Waals surface area contributed by atoms with E-state index in [1.165, 1.54) is 21.7 Å². The number of anilines is 1. The Morgan fingerprint density at radius 1 is 0.682 bits per heavy atom. The first-order valence-corrected chi connectivity index (χ1v) is 8.27. The van der Waals surface area contributed by atoms with Crippen molar-refractivity contribution in [1.29, 1.82) is 0 Å². The fraction of sp³-hybridized carbons (Fsp3) is 0.100. The fourth-order valence-corrected chi connectivity index (χ4v) is 4.74. The highest BCUT2D eigenvalue weighted by Crippen LogP contribution is 2.57. The molecule has 108 valence electrons. The molecule has 0 aliphatic carbocycles. The summed E-state index contributed by atoms with van der Waals surface area (Å²) in [6.45, 7) is 0. The van der Waals surface area contributed by atoms with Gasteiger partial charge in [-0.3, -0.25) is 0 Å². The Kier molecular flexibility index (Phi) is 3.20. The smallest absolute Gasteiger partial charge is 0.142 e. The van der Waals surface area contributed by atoms with Gasteiger partial charge in [-0.2, -0.15) is 0 Å². The third-order valence-corrected chi connectivity index (χ3v) is 5.89. The van der Waals surface area contributed by atoms with Gasteiger partial charge in [-0.1, -0.05) is 84.6 Å². The summed E-state index contributed by atoms with van der Waals surface area (Å²) in [5, 5.41) is 0. The van der Waals surface area contributed by atoms with Crippen LogP contribution in [-0.4, -0.2) is 7.05 Å². The molecule has 1 nitrogen and oxygen atoms in total. The molecule has 1 heterocycles. The average Bonchev–Trinajstić information content (AvgIpc) is 2.91. The molecule has 0 N–H and O–H groups in total. The number of fused-ring (bicyclic) bond motifs is 1. The van der Waals surface area contributed by atoms with Crippen LogP contribution in [0.5, 0.6) is 0 Å². The van der Waals surface area contributed by atoms with Gasteiger partial charge in [0.15, 0.2) is 0 Å². The molecule has 0 fully saturated rings. The molecule has 3 aromatic carbocycles. The number of hydrogen-bond acceptors (Lipinski definition) is 2. The lowest BCUT2D eigenvalue weighted by atomic mass is 9.96. The molecular formula is C20H17NS. The highest BCUT2D eigenvalue weighted by Gasteiger charge is 2.45. The van der Waals surface area contributed by atoms with E-state index in [0.717, 1.165) is 0 Å². The van der Waals surface area contributed by atoms with E-state index in [1.54, 1.807) is 0 Å². The molecule has 1 aliphatic heterocycles. The van der Waals surface area contributed by atoms with Gasteiger partial charge in [0.1, 0.15) is 4.87 Å². The number of nitrogens with zero attached hydrogens (tertiary/aromatic N) is 1. The summed E-state index contributed by atoms with van der Waals surface area (Å²) in [5.41, 5.74) is 3.91. The van der Waals surface area contributed by atoms with E-state index < -0.39 is 0 Å². The van der Waals surface area contributed by atoms with Crippen LogP contribution in [0.4, 0.5) is 5.69 Å². The molecular weight excluding hydrogens is 286 g/mol. The summed E-state index contributed by atoms with van der Waals surface area (Å²) in [4.78, 5) is 3.53. The molecule has 0 saturated heterocycles. The van der Waals surface area contributed by atoms with Gasteiger partial charge in [-0.15, -0.1) is 0 Å². The Bertz CT molecular complexity index is 744. The molecule has 4 rings (SSSR count). The van der Waals surface area contributed by atoms with Crippen LogP contribution in [0.2, 0.25) is 0 Å². The van der Waals surface area contributed by atoms with Gasteiger partial charge in [0.25, 0.3) is 0 Å². The Labute approximate surface area is 135 Å². The molecule has 0 amide bonds. The summed E-state index contributed by atoms with van der Waals surface area (Å²) in [5.74, 6) is 0. The van der Waals surface area contributed by atoms with E-state index in [0.29, 0.717) is 0 Å². The predicted molar refractivity (Wildman–Crippen MR) is 94.4 cm³/mol.